The fourth-order valence-electron chi connectivity index (χ4n) is 2.80. The van der Waals surface area contributed by atoms with Crippen molar-refractivity contribution in [2.75, 3.05) is 23.5 Å². The maximum Gasteiger partial charge on any atom is 0.453 e. The van der Waals surface area contributed by atoms with E-state index in [1.54, 1.807) is 24.8 Å². The summed E-state index contributed by atoms with van der Waals surface area (Å²) < 4.78 is 39.8. The summed E-state index contributed by atoms with van der Waals surface area (Å²) in [6.07, 6.45) is -0.483. The molecule has 2 aromatic heterocycles. The standard InChI is InChI=1S/C13H16F3N5S/c1-8-6-10(20-5-3-4-9(20)7-22-2)21-12(17-8)18-11(19-21)13(14,15)16/h6,9H,3-5,7H2,1-2H3. The number of alkyl halides is 3. The number of aromatic nitrogens is 4. The van der Waals surface area contributed by atoms with E-state index >= 15 is 0 Å². The van der Waals surface area contributed by atoms with Crippen LogP contribution in [-0.2, 0) is 6.18 Å². The van der Waals surface area contributed by atoms with Crippen LogP contribution in [0.5, 0.6) is 0 Å². The van der Waals surface area contributed by atoms with Crippen LogP contribution in [0.4, 0.5) is 19.0 Å². The molecule has 2 aromatic rings. The van der Waals surface area contributed by atoms with Crippen molar-refractivity contribution < 1.29 is 13.2 Å². The first-order valence-corrected chi connectivity index (χ1v) is 8.36. The van der Waals surface area contributed by atoms with Crippen LogP contribution in [0.1, 0.15) is 24.4 Å². The monoisotopic (exact) mass is 331 g/mol. The zero-order valence-electron chi connectivity index (χ0n) is 12.3. The molecule has 3 heterocycles. The van der Waals surface area contributed by atoms with Crippen molar-refractivity contribution in [2.24, 2.45) is 0 Å². The van der Waals surface area contributed by atoms with Gasteiger partial charge < -0.3 is 4.90 Å². The average molecular weight is 331 g/mol. The Morgan fingerprint density at radius 3 is 2.82 bits per heavy atom. The molecule has 1 fully saturated rings. The van der Waals surface area contributed by atoms with Gasteiger partial charge in [-0.3, -0.25) is 0 Å². The molecule has 120 valence electrons. The van der Waals surface area contributed by atoms with Crippen molar-refractivity contribution in [3.8, 4) is 0 Å². The summed E-state index contributed by atoms with van der Waals surface area (Å²) in [5, 5.41) is 3.63. The van der Waals surface area contributed by atoms with Gasteiger partial charge in [0.1, 0.15) is 5.82 Å². The van der Waals surface area contributed by atoms with Crippen LogP contribution in [0.2, 0.25) is 0 Å². The molecule has 0 saturated carbocycles. The molecule has 22 heavy (non-hydrogen) atoms. The fourth-order valence-corrected chi connectivity index (χ4v) is 3.53. The molecule has 0 aromatic carbocycles. The zero-order chi connectivity index (χ0) is 15.9. The van der Waals surface area contributed by atoms with Gasteiger partial charge in [-0.2, -0.15) is 34.4 Å². The fraction of sp³-hybridized carbons (Fsp3) is 0.615. The molecule has 1 unspecified atom stereocenters. The van der Waals surface area contributed by atoms with Gasteiger partial charge >= 0.3 is 6.18 Å². The minimum Gasteiger partial charge on any atom is -0.353 e. The number of fused-ring (bicyclic) bond motifs is 1. The van der Waals surface area contributed by atoms with Crippen LogP contribution in [0.15, 0.2) is 6.07 Å². The van der Waals surface area contributed by atoms with Gasteiger partial charge in [-0.1, -0.05) is 0 Å². The molecule has 0 N–H and O–H groups in total. The third kappa shape index (κ3) is 2.73. The molecule has 3 rings (SSSR count). The Hall–Kier alpha value is -1.51. The second-order valence-corrected chi connectivity index (χ2v) is 6.26. The Bertz CT molecular complexity index is 684. The van der Waals surface area contributed by atoms with E-state index in [1.165, 1.54) is 4.52 Å². The molecule has 0 radical (unpaired) electrons. The van der Waals surface area contributed by atoms with Gasteiger partial charge in [-0.15, -0.1) is 5.10 Å². The Morgan fingerprint density at radius 1 is 1.36 bits per heavy atom. The number of nitrogens with zero attached hydrogens (tertiary/aromatic N) is 5. The lowest BCUT2D eigenvalue weighted by Crippen LogP contribution is -2.33. The summed E-state index contributed by atoms with van der Waals surface area (Å²) in [6.45, 7) is 2.57. The van der Waals surface area contributed by atoms with E-state index in [9.17, 15) is 13.2 Å². The minimum absolute atomic E-state index is 0.00266. The Balaban J connectivity index is 2.10. The summed E-state index contributed by atoms with van der Waals surface area (Å²) in [5.74, 6) is 0.426. The van der Waals surface area contributed by atoms with Crippen LogP contribution >= 0.6 is 11.8 Å². The first-order chi connectivity index (χ1) is 10.4. The van der Waals surface area contributed by atoms with E-state index < -0.39 is 12.0 Å². The maximum absolute atomic E-state index is 12.8. The number of hydrogen-bond donors (Lipinski definition) is 0. The number of rotatable bonds is 3. The molecule has 1 atom stereocenters. The van der Waals surface area contributed by atoms with Crippen LogP contribution in [0, 0.1) is 6.92 Å². The van der Waals surface area contributed by atoms with Gasteiger partial charge in [0.25, 0.3) is 11.6 Å². The van der Waals surface area contributed by atoms with Crippen LogP contribution < -0.4 is 4.90 Å². The number of anilines is 1. The van der Waals surface area contributed by atoms with E-state index in [4.69, 9.17) is 0 Å². The van der Waals surface area contributed by atoms with Crippen molar-refractivity contribution >= 4 is 23.4 Å². The molecular weight excluding hydrogens is 315 g/mol. The van der Waals surface area contributed by atoms with Crippen LogP contribution in [0.25, 0.3) is 5.78 Å². The highest BCUT2D eigenvalue weighted by Gasteiger charge is 2.37. The van der Waals surface area contributed by atoms with Gasteiger partial charge in [0.05, 0.1) is 0 Å². The first-order valence-electron chi connectivity index (χ1n) is 6.97. The molecule has 1 saturated heterocycles. The number of aryl methyl sites for hydroxylation is 1. The van der Waals surface area contributed by atoms with Crippen LogP contribution in [0.3, 0.4) is 0 Å². The smallest absolute Gasteiger partial charge is 0.353 e. The SMILES string of the molecule is CSCC1CCCN1c1cc(C)nc2nc(C(F)(F)F)nn12. The van der Waals surface area contributed by atoms with Crippen molar-refractivity contribution in [3.05, 3.63) is 17.6 Å². The van der Waals surface area contributed by atoms with Crippen molar-refractivity contribution in [1.29, 1.82) is 0 Å². The minimum atomic E-state index is -4.57. The molecule has 1 aliphatic heterocycles. The maximum atomic E-state index is 12.8. The average Bonchev–Trinajstić information content (AvgIpc) is 3.03. The summed E-state index contributed by atoms with van der Waals surface area (Å²) in [4.78, 5) is 9.72. The van der Waals surface area contributed by atoms with Gasteiger partial charge in [0.2, 0.25) is 0 Å². The van der Waals surface area contributed by atoms with E-state index in [-0.39, 0.29) is 5.78 Å². The lowest BCUT2D eigenvalue weighted by Gasteiger charge is -2.26. The van der Waals surface area contributed by atoms with Crippen molar-refractivity contribution in [3.63, 3.8) is 0 Å². The molecule has 0 amide bonds. The Kier molecular flexibility index (Phi) is 3.92. The van der Waals surface area contributed by atoms with Gasteiger partial charge in [-0.05, 0) is 26.0 Å². The van der Waals surface area contributed by atoms with Gasteiger partial charge in [0, 0.05) is 30.1 Å². The Labute approximate surface area is 129 Å². The highest BCUT2D eigenvalue weighted by molar-refractivity contribution is 7.98. The van der Waals surface area contributed by atoms with E-state index in [0.29, 0.717) is 17.6 Å². The third-order valence-corrected chi connectivity index (χ3v) is 4.42. The summed E-state index contributed by atoms with van der Waals surface area (Å²) in [5.41, 5.74) is 0.637. The van der Waals surface area contributed by atoms with Crippen LogP contribution in [-0.4, -0.2) is 44.2 Å². The molecule has 0 spiro atoms. The molecular formula is C13H16F3N5S. The number of thioether (sulfide) groups is 1. The zero-order valence-corrected chi connectivity index (χ0v) is 13.1. The second-order valence-electron chi connectivity index (χ2n) is 5.35. The summed E-state index contributed by atoms with van der Waals surface area (Å²) in [7, 11) is 0. The predicted octanol–water partition coefficient (Wildman–Crippen LogP) is 2.78. The quantitative estimate of drug-likeness (QED) is 0.865. The molecule has 0 bridgehead atoms. The van der Waals surface area contributed by atoms with E-state index in [1.807, 2.05) is 6.26 Å². The number of hydrogen-bond acceptors (Lipinski definition) is 5. The summed E-state index contributed by atoms with van der Waals surface area (Å²) >= 11 is 1.73. The van der Waals surface area contributed by atoms with E-state index in [2.05, 4.69) is 20.0 Å². The second kappa shape index (κ2) is 5.60. The largest absolute Gasteiger partial charge is 0.453 e. The molecule has 0 aliphatic carbocycles. The Morgan fingerprint density at radius 2 is 2.14 bits per heavy atom. The van der Waals surface area contributed by atoms with Gasteiger partial charge in [0.15, 0.2) is 0 Å². The third-order valence-electron chi connectivity index (χ3n) is 3.71. The molecule has 1 aliphatic rings. The predicted molar refractivity (Wildman–Crippen MR) is 79.3 cm³/mol. The highest BCUT2D eigenvalue weighted by atomic mass is 32.2. The van der Waals surface area contributed by atoms with E-state index in [0.717, 1.165) is 25.1 Å². The summed E-state index contributed by atoms with van der Waals surface area (Å²) in [6, 6.07) is 2.08. The van der Waals surface area contributed by atoms with Gasteiger partial charge in [-0.25, -0.2) is 4.98 Å². The molecule has 9 heteroatoms. The lowest BCUT2D eigenvalue weighted by molar-refractivity contribution is -0.144. The highest BCUT2D eigenvalue weighted by Crippen LogP contribution is 2.30. The normalized spacial score (nSPS) is 19.3. The first kappa shape index (κ1) is 15.4. The molecule has 5 nitrogen and oxygen atoms in total. The lowest BCUT2D eigenvalue weighted by atomic mass is 10.2. The van der Waals surface area contributed by atoms with Crippen molar-refractivity contribution in [2.45, 2.75) is 32.0 Å². The number of halogens is 3. The van der Waals surface area contributed by atoms with Crippen molar-refractivity contribution in [1.82, 2.24) is 19.6 Å². The topological polar surface area (TPSA) is 46.3 Å².